The summed E-state index contributed by atoms with van der Waals surface area (Å²) in [5.74, 6) is -0.589. The number of hydrogen-bond donors (Lipinski definition) is 3. The molecule has 2 amide bonds. The number of carbonyl (C=O) groups excluding carboxylic acids is 2. The highest BCUT2D eigenvalue weighted by molar-refractivity contribution is 6.04. The van der Waals surface area contributed by atoms with E-state index < -0.39 is 11.3 Å². The predicted octanol–water partition coefficient (Wildman–Crippen LogP) is 1.11. The molecule has 102 valence electrons. The van der Waals surface area contributed by atoms with Gasteiger partial charge in [-0.1, -0.05) is 19.1 Å². The Labute approximate surface area is 112 Å². The molecule has 1 aromatic carbocycles. The molecule has 0 spiro atoms. The second-order valence-corrected chi connectivity index (χ2v) is 5.17. The van der Waals surface area contributed by atoms with Crippen LogP contribution in [-0.2, 0) is 4.79 Å². The summed E-state index contributed by atoms with van der Waals surface area (Å²) in [7, 11) is 0. The number of piperidine rings is 1. The zero-order valence-corrected chi connectivity index (χ0v) is 11.0. The molecule has 2 rings (SSSR count). The summed E-state index contributed by atoms with van der Waals surface area (Å²) >= 11 is 0. The van der Waals surface area contributed by atoms with Gasteiger partial charge in [0.05, 0.1) is 11.3 Å². The molecule has 4 N–H and O–H groups in total. The van der Waals surface area contributed by atoms with Crippen molar-refractivity contribution in [3.8, 4) is 0 Å². The number of amides is 2. The Balaban J connectivity index is 2.17. The lowest BCUT2D eigenvalue weighted by Gasteiger charge is -2.32. The Kier molecular flexibility index (Phi) is 3.85. The van der Waals surface area contributed by atoms with Crippen molar-refractivity contribution < 1.29 is 9.59 Å². The summed E-state index contributed by atoms with van der Waals surface area (Å²) in [5.41, 5.74) is 5.74. The minimum absolute atomic E-state index is 0.0531. The van der Waals surface area contributed by atoms with Crippen molar-refractivity contribution in [3.05, 3.63) is 29.8 Å². The van der Waals surface area contributed by atoms with Gasteiger partial charge in [0.25, 0.3) is 5.91 Å². The highest BCUT2D eigenvalue weighted by Gasteiger charge is 2.34. The lowest BCUT2D eigenvalue weighted by molar-refractivity contribution is -0.126. The highest BCUT2D eigenvalue weighted by Crippen LogP contribution is 2.30. The molecule has 0 bridgehead atoms. The molecule has 1 fully saturated rings. The van der Waals surface area contributed by atoms with E-state index in [-0.39, 0.29) is 5.91 Å². The SMILES string of the molecule is CC1(C(=O)Nc2ccccc2C(N)=O)CCNCC1. The van der Waals surface area contributed by atoms with Gasteiger partial charge in [0.1, 0.15) is 0 Å². The number of carbonyl (C=O) groups is 2. The van der Waals surface area contributed by atoms with E-state index in [0.29, 0.717) is 11.3 Å². The Hall–Kier alpha value is -1.88. The van der Waals surface area contributed by atoms with Crippen molar-refractivity contribution in [2.24, 2.45) is 11.1 Å². The van der Waals surface area contributed by atoms with Gasteiger partial charge in [0.2, 0.25) is 5.91 Å². The highest BCUT2D eigenvalue weighted by atomic mass is 16.2. The molecule has 0 aromatic heterocycles. The van der Waals surface area contributed by atoms with Crippen molar-refractivity contribution in [1.29, 1.82) is 0 Å². The van der Waals surface area contributed by atoms with Crippen molar-refractivity contribution in [2.75, 3.05) is 18.4 Å². The number of nitrogens with one attached hydrogen (secondary N) is 2. The summed E-state index contributed by atoms with van der Waals surface area (Å²) in [6, 6.07) is 6.81. The number of primary amides is 1. The van der Waals surface area contributed by atoms with E-state index in [4.69, 9.17) is 5.73 Å². The van der Waals surface area contributed by atoms with Crippen molar-refractivity contribution >= 4 is 17.5 Å². The summed E-state index contributed by atoms with van der Waals surface area (Å²) in [6.45, 7) is 3.62. The van der Waals surface area contributed by atoms with Gasteiger partial charge in [0.15, 0.2) is 0 Å². The molecule has 5 nitrogen and oxygen atoms in total. The maximum Gasteiger partial charge on any atom is 0.250 e. The standard InChI is InChI=1S/C14H19N3O2/c1-14(6-8-16-9-7-14)13(19)17-11-5-3-2-4-10(11)12(15)18/h2-5,16H,6-9H2,1H3,(H2,15,18)(H,17,19). The van der Waals surface area contributed by atoms with E-state index in [2.05, 4.69) is 10.6 Å². The summed E-state index contributed by atoms with van der Waals surface area (Å²) in [6.07, 6.45) is 1.58. The van der Waals surface area contributed by atoms with Gasteiger partial charge in [-0.2, -0.15) is 0 Å². The molecule has 1 heterocycles. The third-order valence-corrected chi connectivity index (χ3v) is 3.70. The number of hydrogen-bond acceptors (Lipinski definition) is 3. The molecule has 0 saturated carbocycles. The summed E-state index contributed by atoms with van der Waals surface area (Å²) in [5, 5.41) is 6.07. The molecule has 19 heavy (non-hydrogen) atoms. The molecular weight excluding hydrogens is 242 g/mol. The second-order valence-electron chi connectivity index (χ2n) is 5.17. The number of anilines is 1. The molecule has 0 aliphatic carbocycles. The van der Waals surface area contributed by atoms with Crippen LogP contribution in [0.25, 0.3) is 0 Å². The lowest BCUT2D eigenvalue weighted by atomic mass is 9.80. The number of benzene rings is 1. The summed E-state index contributed by atoms with van der Waals surface area (Å²) < 4.78 is 0. The monoisotopic (exact) mass is 261 g/mol. The van der Waals surface area contributed by atoms with E-state index in [9.17, 15) is 9.59 Å². The fourth-order valence-corrected chi connectivity index (χ4v) is 2.29. The van der Waals surface area contributed by atoms with Crippen LogP contribution in [0.5, 0.6) is 0 Å². The summed E-state index contributed by atoms with van der Waals surface area (Å²) in [4.78, 5) is 23.7. The second kappa shape index (κ2) is 5.40. The first-order valence-corrected chi connectivity index (χ1v) is 6.44. The Morgan fingerprint density at radius 2 is 1.89 bits per heavy atom. The first-order chi connectivity index (χ1) is 9.03. The fraction of sp³-hybridized carbons (Fsp3) is 0.429. The zero-order chi connectivity index (χ0) is 13.9. The van der Waals surface area contributed by atoms with E-state index in [1.807, 2.05) is 6.92 Å². The minimum atomic E-state index is -0.536. The Morgan fingerprint density at radius 3 is 2.53 bits per heavy atom. The molecule has 1 aliphatic rings. The van der Waals surface area contributed by atoms with Crippen LogP contribution < -0.4 is 16.4 Å². The van der Waals surface area contributed by atoms with Gasteiger partial charge in [0, 0.05) is 5.41 Å². The largest absolute Gasteiger partial charge is 0.366 e. The Morgan fingerprint density at radius 1 is 1.26 bits per heavy atom. The molecule has 0 radical (unpaired) electrons. The maximum atomic E-state index is 12.4. The number of rotatable bonds is 3. The average molecular weight is 261 g/mol. The van der Waals surface area contributed by atoms with Crippen molar-refractivity contribution in [2.45, 2.75) is 19.8 Å². The number of para-hydroxylation sites is 1. The quantitative estimate of drug-likeness (QED) is 0.762. The van der Waals surface area contributed by atoms with Crippen LogP contribution in [0.3, 0.4) is 0 Å². The van der Waals surface area contributed by atoms with Gasteiger partial charge in [-0.05, 0) is 38.1 Å². The normalized spacial score (nSPS) is 17.7. The third kappa shape index (κ3) is 2.93. The lowest BCUT2D eigenvalue weighted by Crippen LogP contribution is -2.43. The van der Waals surface area contributed by atoms with Crippen LogP contribution in [0.1, 0.15) is 30.1 Å². The molecule has 5 heteroatoms. The van der Waals surface area contributed by atoms with Crippen LogP contribution in [0.2, 0.25) is 0 Å². The van der Waals surface area contributed by atoms with Crippen LogP contribution in [0, 0.1) is 5.41 Å². The van der Waals surface area contributed by atoms with Crippen molar-refractivity contribution in [3.63, 3.8) is 0 Å². The van der Waals surface area contributed by atoms with Crippen LogP contribution in [-0.4, -0.2) is 24.9 Å². The van der Waals surface area contributed by atoms with Crippen molar-refractivity contribution in [1.82, 2.24) is 5.32 Å². The first-order valence-electron chi connectivity index (χ1n) is 6.44. The molecule has 0 atom stereocenters. The van der Waals surface area contributed by atoms with Gasteiger partial charge in [-0.15, -0.1) is 0 Å². The minimum Gasteiger partial charge on any atom is -0.366 e. The van der Waals surface area contributed by atoms with Gasteiger partial charge in [-0.25, -0.2) is 0 Å². The molecular formula is C14H19N3O2. The van der Waals surface area contributed by atoms with Gasteiger partial charge < -0.3 is 16.4 Å². The number of nitrogens with two attached hydrogens (primary N) is 1. The average Bonchev–Trinajstić information content (AvgIpc) is 2.40. The van der Waals surface area contributed by atoms with E-state index in [1.165, 1.54) is 0 Å². The predicted molar refractivity (Wildman–Crippen MR) is 73.8 cm³/mol. The topological polar surface area (TPSA) is 84.2 Å². The molecule has 1 saturated heterocycles. The molecule has 1 aliphatic heterocycles. The van der Waals surface area contributed by atoms with Crippen LogP contribution in [0.4, 0.5) is 5.69 Å². The first kappa shape index (κ1) is 13.5. The third-order valence-electron chi connectivity index (χ3n) is 3.70. The Bertz CT molecular complexity index is 493. The van der Waals surface area contributed by atoms with Crippen LogP contribution >= 0.6 is 0 Å². The van der Waals surface area contributed by atoms with Crippen LogP contribution in [0.15, 0.2) is 24.3 Å². The zero-order valence-electron chi connectivity index (χ0n) is 11.0. The van der Waals surface area contributed by atoms with E-state index in [0.717, 1.165) is 25.9 Å². The van der Waals surface area contributed by atoms with E-state index >= 15 is 0 Å². The molecule has 1 aromatic rings. The van der Waals surface area contributed by atoms with Gasteiger partial charge in [-0.3, -0.25) is 9.59 Å². The fourth-order valence-electron chi connectivity index (χ4n) is 2.29. The van der Waals surface area contributed by atoms with E-state index in [1.54, 1.807) is 24.3 Å². The van der Waals surface area contributed by atoms with Gasteiger partial charge >= 0.3 is 0 Å². The molecule has 0 unspecified atom stereocenters. The maximum absolute atomic E-state index is 12.4. The smallest absolute Gasteiger partial charge is 0.250 e.